The Morgan fingerprint density at radius 3 is 2.45 bits per heavy atom. The molecular formula is C20H22ClN3O6S. The summed E-state index contributed by atoms with van der Waals surface area (Å²) in [6.07, 6.45) is 1.000. The number of nitrogens with one attached hydrogen (secondary N) is 2. The molecule has 166 valence electrons. The number of non-ortho nitro benzene ring substituents is 1. The third kappa shape index (κ3) is 5.40. The number of nitrogens with zero attached hydrogens (tertiary/aromatic N) is 1. The molecule has 3 rings (SSSR count). The molecule has 0 aliphatic carbocycles. The Balaban J connectivity index is 1.63. The van der Waals surface area contributed by atoms with Crippen LogP contribution in [0.2, 0.25) is 5.02 Å². The quantitative estimate of drug-likeness (QED) is 0.348. The predicted octanol–water partition coefficient (Wildman–Crippen LogP) is 2.39. The third-order valence-corrected chi connectivity index (χ3v) is 6.93. The van der Waals surface area contributed by atoms with Crippen molar-refractivity contribution in [2.45, 2.75) is 23.2 Å². The minimum absolute atomic E-state index is 0.0587. The number of nitro benzene ring substituents is 1. The standard InChI is InChI=1S/C20H22ClN3O6S/c21-16-6-4-15(5-7-16)20(8-12-30-13-9-20)19(25)22-10-11-23-31(28,29)18-3-1-2-17(14-18)24(26)27/h1-7,14,23H,8-13H2,(H,22,25). The number of carbonyl (C=O) groups is 1. The van der Waals surface area contributed by atoms with Crippen molar-refractivity contribution in [1.29, 1.82) is 0 Å². The molecule has 11 heteroatoms. The number of sulfonamides is 1. The van der Waals surface area contributed by atoms with Gasteiger partial charge in [0.25, 0.3) is 5.69 Å². The van der Waals surface area contributed by atoms with E-state index < -0.39 is 20.4 Å². The van der Waals surface area contributed by atoms with Crippen LogP contribution in [0.3, 0.4) is 0 Å². The van der Waals surface area contributed by atoms with Gasteiger partial charge in [-0.15, -0.1) is 0 Å². The summed E-state index contributed by atoms with van der Waals surface area (Å²) in [5.74, 6) is -0.215. The summed E-state index contributed by atoms with van der Waals surface area (Å²) in [6, 6.07) is 11.9. The molecule has 1 heterocycles. The van der Waals surface area contributed by atoms with E-state index in [9.17, 15) is 23.3 Å². The maximum atomic E-state index is 13.1. The van der Waals surface area contributed by atoms with Crippen LogP contribution in [0.25, 0.3) is 0 Å². The average Bonchev–Trinajstić information content (AvgIpc) is 2.77. The first-order chi connectivity index (χ1) is 14.7. The second-order valence-corrected chi connectivity index (χ2v) is 9.31. The molecule has 2 aromatic rings. The van der Waals surface area contributed by atoms with Gasteiger partial charge in [0.2, 0.25) is 15.9 Å². The van der Waals surface area contributed by atoms with E-state index in [0.717, 1.165) is 11.6 Å². The van der Waals surface area contributed by atoms with Crippen LogP contribution >= 0.6 is 11.6 Å². The van der Waals surface area contributed by atoms with Gasteiger partial charge in [-0.05, 0) is 36.6 Å². The lowest BCUT2D eigenvalue weighted by Crippen LogP contribution is -2.49. The molecule has 1 saturated heterocycles. The fourth-order valence-corrected chi connectivity index (χ4v) is 4.71. The second kappa shape index (κ2) is 9.73. The summed E-state index contributed by atoms with van der Waals surface area (Å²) < 4.78 is 32.6. The van der Waals surface area contributed by atoms with Crippen LogP contribution in [0.5, 0.6) is 0 Å². The van der Waals surface area contributed by atoms with Crippen LogP contribution in [-0.2, 0) is 25.0 Å². The number of hydrogen-bond acceptors (Lipinski definition) is 6. The van der Waals surface area contributed by atoms with Crippen LogP contribution < -0.4 is 10.0 Å². The van der Waals surface area contributed by atoms with Crippen LogP contribution in [0.1, 0.15) is 18.4 Å². The van der Waals surface area contributed by atoms with Crippen molar-refractivity contribution < 1.29 is 22.9 Å². The van der Waals surface area contributed by atoms with Crippen molar-refractivity contribution in [2.75, 3.05) is 26.3 Å². The number of amides is 1. The highest BCUT2D eigenvalue weighted by Gasteiger charge is 2.41. The molecule has 31 heavy (non-hydrogen) atoms. The van der Waals surface area contributed by atoms with Crippen LogP contribution in [0.4, 0.5) is 5.69 Å². The Labute approximate surface area is 184 Å². The Morgan fingerprint density at radius 1 is 1.13 bits per heavy atom. The van der Waals surface area contributed by atoms with Gasteiger partial charge in [0.15, 0.2) is 0 Å². The Kier molecular flexibility index (Phi) is 7.26. The number of rotatable bonds is 8. The lowest BCUT2D eigenvalue weighted by atomic mass is 9.73. The Morgan fingerprint density at radius 2 is 1.81 bits per heavy atom. The third-order valence-electron chi connectivity index (χ3n) is 5.22. The van der Waals surface area contributed by atoms with E-state index in [1.165, 1.54) is 18.2 Å². The molecular weight excluding hydrogens is 446 g/mol. The first kappa shape index (κ1) is 23.1. The van der Waals surface area contributed by atoms with Gasteiger partial charge >= 0.3 is 0 Å². The van der Waals surface area contributed by atoms with Gasteiger partial charge in [0.05, 0.1) is 15.2 Å². The maximum absolute atomic E-state index is 13.1. The summed E-state index contributed by atoms with van der Waals surface area (Å²) >= 11 is 5.97. The largest absolute Gasteiger partial charge is 0.381 e. The molecule has 0 spiro atoms. The number of ether oxygens (including phenoxy) is 1. The van der Waals surface area contributed by atoms with Crippen LogP contribution in [-0.4, -0.2) is 45.6 Å². The number of carbonyl (C=O) groups excluding carboxylic acids is 1. The lowest BCUT2D eigenvalue weighted by molar-refractivity contribution is -0.385. The van der Waals surface area contributed by atoms with Crippen LogP contribution in [0.15, 0.2) is 53.4 Å². The van der Waals surface area contributed by atoms with Gasteiger partial charge in [-0.2, -0.15) is 0 Å². The van der Waals surface area contributed by atoms with Crippen molar-refractivity contribution in [3.05, 3.63) is 69.2 Å². The van der Waals surface area contributed by atoms with E-state index in [4.69, 9.17) is 16.3 Å². The number of benzene rings is 2. The van der Waals surface area contributed by atoms with Gasteiger partial charge in [-0.3, -0.25) is 14.9 Å². The molecule has 0 bridgehead atoms. The van der Waals surface area contributed by atoms with E-state index in [1.54, 1.807) is 12.1 Å². The van der Waals surface area contributed by atoms with Gasteiger partial charge < -0.3 is 10.1 Å². The number of hydrogen-bond donors (Lipinski definition) is 2. The van der Waals surface area contributed by atoms with Crippen molar-refractivity contribution in [1.82, 2.24) is 10.0 Å². The highest BCUT2D eigenvalue weighted by atomic mass is 35.5. The molecule has 0 saturated carbocycles. The number of nitro groups is 1. The molecule has 2 N–H and O–H groups in total. The van der Waals surface area contributed by atoms with Gasteiger partial charge in [0.1, 0.15) is 0 Å². The van der Waals surface area contributed by atoms with Crippen molar-refractivity contribution in [2.24, 2.45) is 0 Å². The highest BCUT2D eigenvalue weighted by molar-refractivity contribution is 7.89. The minimum atomic E-state index is -3.95. The summed E-state index contributed by atoms with van der Waals surface area (Å²) in [4.78, 5) is 23.0. The molecule has 2 aromatic carbocycles. The van der Waals surface area contributed by atoms with Gasteiger partial charge in [0, 0.05) is 43.5 Å². The first-order valence-electron chi connectivity index (χ1n) is 9.61. The summed E-state index contributed by atoms with van der Waals surface area (Å²) in [5.41, 5.74) is -0.266. The topological polar surface area (TPSA) is 128 Å². The minimum Gasteiger partial charge on any atom is -0.381 e. The molecule has 0 aromatic heterocycles. The van der Waals surface area contributed by atoms with Gasteiger partial charge in [-0.25, -0.2) is 13.1 Å². The number of halogens is 1. The summed E-state index contributed by atoms with van der Waals surface area (Å²) in [6.45, 7) is 0.873. The normalized spacial score (nSPS) is 15.9. The van der Waals surface area contributed by atoms with Crippen molar-refractivity contribution in [3.63, 3.8) is 0 Å². The lowest BCUT2D eigenvalue weighted by Gasteiger charge is -2.36. The zero-order chi connectivity index (χ0) is 22.5. The smallest absolute Gasteiger partial charge is 0.270 e. The fraction of sp³-hybridized carbons (Fsp3) is 0.350. The van der Waals surface area contributed by atoms with Gasteiger partial charge in [-0.1, -0.05) is 29.8 Å². The summed E-state index contributed by atoms with van der Waals surface area (Å²) in [7, 11) is -3.95. The second-order valence-electron chi connectivity index (χ2n) is 7.11. The molecule has 0 unspecified atom stereocenters. The monoisotopic (exact) mass is 467 g/mol. The zero-order valence-electron chi connectivity index (χ0n) is 16.5. The molecule has 0 atom stereocenters. The Hall–Kier alpha value is -2.53. The molecule has 1 aliphatic heterocycles. The van der Waals surface area contributed by atoms with E-state index in [1.807, 2.05) is 12.1 Å². The fourth-order valence-electron chi connectivity index (χ4n) is 3.51. The van der Waals surface area contributed by atoms with E-state index >= 15 is 0 Å². The molecule has 0 radical (unpaired) electrons. The maximum Gasteiger partial charge on any atom is 0.270 e. The van der Waals surface area contributed by atoms with E-state index in [0.29, 0.717) is 31.1 Å². The van der Waals surface area contributed by atoms with Crippen LogP contribution in [0, 0.1) is 10.1 Å². The van der Waals surface area contributed by atoms with E-state index in [2.05, 4.69) is 10.0 Å². The predicted molar refractivity (Wildman–Crippen MR) is 114 cm³/mol. The SMILES string of the molecule is O=C(NCCNS(=O)(=O)c1cccc([N+](=O)[O-])c1)C1(c2ccc(Cl)cc2)CCOCC1. The van der Waals surface area contributed by atoms with E-state index in [-0.39, 0.29) is 29.6 Å². The molecule has 1 amide bonds. The Bertz CT molecular complexity index is 1050. The summed E-state index contributed by atoms with van der Waals surface area (Å²) in [5, 5.41) is 14.2. The zero-order valence-corrected chi connectivity index (χ0v) is 18.1. The molecule has 9 nitrogen and oxygen atoms in total. The first-order valence-corrected chi connectivity index (χ1v) is 11.5. The van der Waals surface area contributed by atoms with Crippen molar-refractivity contribution in [3.8, 4) is 0 Å². The highest BCUT2D eigenvalue weighted by Crippen LogP contribution is 2.35. The molecule has 1 aliphatic rings. The average molecular weight is 468 g/mol. The van der Waals surface area contributed by atoms with Crippen molar-refractivity contribution >= 4 is 33.2 Å². The molecule has 1 fully saturated rings.